The Balaban J connectivity index is 2.22. The number of aryl methyl sites for hydroxylation is 1. The second kappa shape index (κ2) is 5.01. The van der Waals surface area contributed by atoms with Crippen molar-refractivity contribution in [2.45, 2.75) is 6.92 Å². The van der Waals surface area contributed by atoms with E-state index in [4.69, 9.17) is 17.3 Å². The van der Waals surface area contributed by atoms with Crippen LogP contribution in [0.1, 0.15) is 16.1 Å². The molecule has 0 saturated heterocycles. The molecule has 0 unspecified atom stereocenters. The van der Waals surface area contributed by atoms with Crippen molar-refractivity contribution in [2.75, 3.05) is 11.1 Å². The molecule has 0 aromatic carbocycles. The first-order valence-corrected chi connectivity index (χ1v) is 5.59. The zero-order valence-electron chi connectivity index (χ0n) is 9.64. The van der Waals surface area contributed by atoms with Crippen LogP contribution in [-0.4, -0.2) is 15.9 Å². The first-order valence-electron chi connectivity index (χ1n) is 5.21. The maximum Gasteiger partial charge on any atom is 0.255 e. The average Bonchev–Trinajstić information content (AvgIpc) is 2.27. The summed E-state index contributed by atoms with van der Waals surface area (Å²) in [5, 5.41) is 2.92. The Morgan fingerprint density at radius 2 is 2.17 bits per heavy atom. The molecule has 0 saturated carbocycles. The highest BCUT2D eigenvalue weighted by molar-refractivity contribution is 6.30. The van der Waals surface area contributed by atoms with Crippen LogP contribution >= 0.6 is 11.6 Å². The monoisotopic (exact) mass is 262 g/mol. The molecule has 0 spiro atoms. The summed E-state index contributed by atoms with van der Waals surface area (Å²) in [7, 11) is 0. The number of nitrogen functional groups attached to an aromatic ring is 1. The lowest BCUT2D eigenvalue weighted by Crippen LogP contribution is -2.13. The second-order valence-corrected chi connectivity index (χ2v) is 4.13. The van der Waals surface area contributed by atoms with Gasteiger partial charge in [0.1, 0.15) is 11.0 Å². The summed E-state index contributed by atoms with van der Waals surface area (Å²) in [6, 6.07) is 6.40. The van der Waals surface area contributed by atoms with E-state index in [-0.39, 0.29) is 16.9 Å². The van der Waals surface area contributed by atoms with Gasteiger partial charge < -0.3 is 11.1 Å². The predicted octanol–water partition coefficient (Wildman–Crippen LogP) is 2.27. The Labute approximate surface area is 109 Å². The summed E-state index contributed by atoms with van der Waals surface area (Å²) in [5.74, 6) is -0.0878. The van der Waals surface area contributed by atoms with E-state index in [1.54, 1.807) is 18.3 Å². The Morgan fingerprint density at radius 3 is 2.83 bits per heavy atom. The van der Waals surface area contributed by atoms with Crippen molar-refractivity contribution in [3.63, 3.8) is 0 Å². The average molecular weight is 263 g/mol. The highest BCUT2D eigenvalue weighted by Crippen LogP contribution is 2.14. The van der Waals surface area contributed by atoms with E-state index in [9.17, 15) is 4.79 Å². The van der Waals surface area contributed by atoms with E-state index < -0.39 is 0 Å². The number of nitrogens with one attached hydrogen (secondary N) is 1. The summed E-state index contributed by atoms with van der Waals surface area (Å²) in [5.41, 5.74) is 7.38. The number of nitrogens with zero attached hydrogens (tertiary/aromatic N) is 2. The van der Waals surface area contributed by atoms with Gasteiger partial charge in [-0.2, -0.15) is 0 Å². The number of pyridine rings is 2. The Bertz CT molecular complexity index is 580. The zero-order valence-corrected chi connectivity index (χ0v) is 10.4. The van der Waals surface area contributed by atoms with Crippen molar-refractivity contribution in [3.05, 3.63) is 46.9 Å². The van der Waals surface area contributed by atoms with Gasteiger partial charge in [0.15, 0.2) is 0 Å². The molecule has 92 valence electrons. The Hall–Kier alpha value is -2.14. The molecule has 2 aromatic rings. The van der Waals surface area contributed by atoms with Gasteiger partial charge in [0.05, 0.1) is 0 Å². The largest absolute Gasteiger partial charge is 0.384 e. The van der Waals surface area contributed by atoms with Crippen LogP contribution in [0.25, 0.3) is 0 Å². The maximum absolute atomic E-state index is 12.0. The first-order chi connectivity index (χ1) is 8.54. The third kappa shape index (κ3) is 2.95. The molecule has 0 aliphatic heterocycles. The number of hydrogen-bond donors (Lipinski definition) is 2. The minimum atomic E-state index is -0.295. The maximum atomic E-state index is 12.0. The highest BCUT2D eigenvalue weighted by Gasteiger charge is 2.08. The number of aromatic nitrogens is 2. The third-order valence-corrected chi connectivity index (χ3v) is 2.42. The number of nitrogens with two attached hydrogens (primary N) is 1. The molecule has 2 aromatic heterocycles. The quantitative estimate of drug-likeness (QED) is 0.814. The van der Waals surface area contributed by atoms with Gasteiger partial charge in [0, 0.05) is 23.1 Å². The fraction of sp³-hybridized carbons (Fsp3) is 0.0833. The van der Waals surface area contributed by atoms with Gasteiger partial charge in [0.25, 0.3) is 5.91 Å². The molecule has 0 fully saturated rings. The number of rotatable bonds is 2. The van der Waals surface area contributed by atoms with Crippen molar-refractivity contribution in [3.8, 4) is 0 Å². The van der Waals surface area contributed by atoms with Gasteiger partial charge in [-0.1, -0.05) is 11.6 Å². The number of amides is 1. The van der Waals surface area contributed by atoms with Gasteiger partial charge in [-0.3, -0.25) is 9.78 Å². The van der Waals surface area contributed by atoms with E-state index in [0.29, 0.717) is 11.3 Å². The van der Waals surface area contributed by atoms with Gasteiger partial charge in [-0.05, 0) is 31.2 Å². The normalized spacial score (nSPS) is 10.1. The standard InChI is InChI=1S/C12H11ClN4O/c1-7-4-9(2-3-15-7)16-12(18)8-5-10(13)17-11(14)6-8/h2-6H,1H3,(H2,14,17)(H,15,16,18). The minimum absolute atomic E-state index is 0.186. The molecule has 6 heteroatoms. The molecule has 3 N–H and O–H groups in total. The summed E-state index contributed by atoms with van der Waals surface area (Å²) in [6.45, 7) is 1.84. The van der Waals surface area contributed by atoms with Gasteiger partial charge in [-0.15, -0.1) is 0 Å². The van der Waals surface area contributed by atoms with Crippen LogP contribution in [-0.2, 0) is 0 Å². The smallest absolute Gasteiger partial charge is 0.255 e. The SMILES string of the molecule is Cc1cc(NC(=O)c2cc(N)nc(Cl)c2)ccn1. The number of hydrogen-bond acceptors (Lipinski definition) is 4. The molecule has 2 heterocycles. The summed E-state index contributed by atoms with van der Waals surface area (Å²) >= 11 is 5.74. The zero-order chi connectivity index (χ0) is 13.1. The molecule has 0 bridgehead atoms. The van der Waals surface area contributed by atoms with Crippen LogP contribution < -0.4 is 11.1 Å². The molecule has 5 nitrogen and oxygen atoms in total. The molecule has 18 heavy (non-hydrogen) atoms. The van der Waals surface area contributed by atoms with Crippen molar-refractivity contribution < 1.29 is 4.79 Å². The number of carbonyl (C=O) groups excluding carboxylic acids is 1. The lowest BCUT2D eigenvalue weighted by Gasteiger charge is -2.06. The lowest BCUT2D eigenvalue weighted by atomic mass is 10.2. The van der Waals surface area contributed by atoms with E-state index in [1.165, 1.54) is 12.1 Å². The number of carbonyl (C=O) groups is 1. The Kier molecular flexibility index (Phi) is 3.43. The number of anilines is 2. The van der Waals surface area contributed by atoms with E-state index >= 15 is 0 Å². The minimum Gasteiger partial charge on any atom is -0.384 e. The van der Waals surface area contributed by atoms with Crippen LogP contribution in [0.15, 0.2) is 30.5 Å². The molecule has 0 atom stereocenters. The first kappa shape index (κ1) is 12.3. The lowest BCUT2D eigenvalue weighted by molar-refractivity contribution is 0.102. The van der Waals surface area contributed by atoms with Crippen LogP contribution in [0.3, 0.4) is 0 Å². The van der Waals surface area contributed by atoms with Crippen molar-refractivity contribution in [1.82, 2.24) is 9.97 Å². The predicted molar refractivity (Wildman–Crippen MR) is 70.6 cm³/mol. The number of halogens is 1. The van der Waals surface area contributed by atoms with Gasteiger partial charge >= 0.3 is 0 Å². The third-order valence-electron chi connectivity index (χ3n) is 2.23. The van der Waals surface area contributed by atoms with Crippen molar-refractivity contribution in [1.29, 1.82) is 0 Å². The molecular weight excluding hydrogens is 252 g/mol. The van der Waals surface area contributed by atoms with Gasteiger partial charge in [-0.25, -0.2) is 4.98 Å². The molecule has 2 rings (SSSR count). The molecule has 1 amide bonds. The van der Waals surface area contributed by atoms with Crippen LogP contribution in [0.5, 0.6) is 0 Å². The van der Waals surface area contributed by atoms with Crippen LogP contribution in [0.2, 0.25) is 5.15 Å². The summed E-state index contributed by atoms with van der Waals surface area (Å²) in [4.78, 5) is 19.8. The Morgan fingerprint density at radius 1 is 1.39 bits per heavy atom. The van der Waals surface area contributed by atoms with E-state index in [2.05, 4.69) is 15.3 Å². The highest BCUT2D eigenvalue weighted by atomic mass is 35.5. The molecule has 0 radical (unpaired) electrons. The van der Waals surface area contributed by atoms with Crippen molar-refractivity contribution in [2.24, 2.45) is 0 Å². The topological polar surface area (TPSA) is 80.9 Å². The van der Waals surface area contributed by atoms with Crippen molar-refractivity contribution >= 4 is 29.0 Å². The van der Waals surface area contributed by atoms with E-state index in [0.717, 1.165) is 5.69 Å². The summed E-state index contributed by atoms with van der Waals surface area (Å²) < 4.78 is 0. The molecule has 0 aliphatic rings. The molecular formula is C12H11ClN4O. The molecule has 0 aliphatic carbocycles. The fourth-order valence-electron chi connectivity index (χ4n) is 1.47. The fourth-order valence-corrected chi connectivity index (χ4v) is 1.69. The van der Waals surface area contributed by atoms with E-state index in [1.807, 2.05) is 6.92 Å². The van der Waals surface area contributed by atoms with Gasteiger partial charge in [0.2, 0.25) is 0 Å². The van der Waals surface area contributed by atoms with Crippen LogP contribution in [0, 0.1) is 6.92 Å². The van der Waals surface area contributed by atoms with Crippen LogP contribution in [0.4, 0.5) is 11.5 Å². The second-order valence-electron chi connectivity index (χ2n) is 3.74. The summed E-state index contributed by atoms with van der Waals surface area (Å²) in [6.07, 6.45) is 1.62.